The fraction of sp³-hybridized carbons (Fsp3) is 0.625. The Morgan fingerprint density at radius 1 is 1.36 bits per heavy atom. The van der Waals surface area contributed by atoms with Gasteiger partial charge in [-0.3, -0.25) is 4.79 Å². The average molecular weight is 391 g/mol. The molecule has 0 saturated carbocycles. The molecular weight excluding hydrogens is 364 g/mol. The van der Waals surface area contributed by atoms with Crippen molar-refractivity contribution >= 4 is 34.2 Å². The van der Waals surface area contributed by atoms with Gasteiger partial charge in [-0.1, -0.05) is 13.8 Å². The van der Waals surface area contributed by atoms with Crippen LogP contribution in [0.5, 0.6) is 0 Å². The second kappa shape index (κ2) is 8.33. The molecule has 25 heavy (non-hydrogen) atoms. The topological polar surface area (TPSA) is 82.6 Å². The number of rotatable bonds is 5. The molecule has 1 aromatic heterocycles. The van der Waals surface area contributed by atoms with Gasteiger partial charge in [0.25, 0.3) is 5.91 Å². The highest BCUT2D eigenvalue weighted by atomic mass is 35.5. The molecule has 0 unspecified atom stereocenters. The summed E-state index contributed by atoms with van der Waals surface area (Å²) in [6, 6.07) is 3.37. The zero-order chi connectivity index (χ0) is 18.1. The van der Waals surface area contributed by atoms with E-state index >= 15 is 0 Å². The Hall–Kier alpha value is -1.38. The van der Waals surface area contributed by atoms with Crippen molar-refractivity contribution in [3.8, 4) is 0 Å². The molecule has 0 spiro atoms. The molecule has 9 heteroatoms. The maximum atomic E-state index is 12.3. The van der Waals surface area contributed by atoms with Crippen LogP contribution in [0.1, 0.15) is 24.2 Å². The quantitative estimate of drug-likeness (QED) is 0.824. The lowest BCUT2D eigenvalue weighted by molar-refractivity contribution is 0.0828. The third-order valence-corrected chi connectivity index (χ3v) is 5.66. The van der Waals surface area contributed by atoms with Crippen LogP contribution in [0, 0.1) is 11.8 Å². The fourth-order valence-electron chi connectivity index (χ4n) is 3.00. The number of nitrogens with one attached hydrogen (secondary N) is 1. The Bertz CT molecular complexity index is 709. The molecule has 142 valence electrons. The van der Waals surface area contributed by atoms with E-state index < -0.39 is 10.0 Å². The molecular formula is C16H27ClN4O3S. The predicted octanol–water partition coefficient (Wildman–Crippen LogP) is 1.53. The van der Waals surface area contributed by atoms with Crippen LogP contribution in [0.3, 0.4) is 0 Å². The molecule has 1 aliphatic heterocycles. The Labute approximate surface area is 156 Å². The van der Waals surface area contributed by atoms with Crippen LogP contribution in [0.15, 0.2) is 18.3 Å². The number of carbonyl (C=O) groups excluding carboxylic acids is 1. The van der Waals surface area contributed by atoms with Gasteiger partial charge in [0.15, 0.2) is 0 Å². The summed E-state index contributed by atoms with van der Waals surface area (Å²) in [7, 11) is 0.147. The van der Waals surface area contributed by atoms with Crippen LogP contribution in [0.4, 0.5) is 5.82 Å². The first-order chi connectivity index (χ1) is 11.1. The van der Waals surface area contributed by atoms with E-state index in [2.05, 4.69) is 24.1 Å². The molecule has 2 heterocycles. The third-order valence-electron chi connectivity index (χ3n) is 4.42. The number of aromatic nitrogens is 1. The average Bonchev–Trinajstić information content (AvgIpc) is 2.91. The molecule has 1 fully saturated rings. The molecule has 1 saturated heterocycles. The zero-order valence-corrected chi connectivity index (χ0v) is 16.9. The molecule has 1 N–H and O–H groups in total. The van der Waals surface area contributed by atoms with E-state index in [-0.39, 0.29) is 30.3 Å². The van der Waals surface area contributed by atoms with Gasteiger partial charge in [0.2, 0.25) is 10.0 Å². The molecule has 1 amide bonds. The van der Waals surface area contributed by atoms with Crippen LogP contribution in [0.2, 0.25) is 0 Å². The Kier molecular flexibility index (Phi) is 7.22. The highest BCUT2D eigenvalue weighted by molar-refractivity contribution is 7.88. The first-order valence-corrected chi connectivity index (χ1v) is 9.84. The van der Waals surface area contributed by atoms with Crippen molar-refractivity contribution in [3.05, 3.63) is 23.9 Å². The van der Waals surface area contributed by atoms with Gasteiger partial charge in [-0.15, -0.1) is 12.4 Å². The highest BCUT2D eigenvalue weighted by Crippen LogP contribution is 2.29. The van der Waals surface area contributed by atoms with E-state index in [1.165, 1.54) is 15.5 Å². The number of halogens is 1. The molecule has 1 aromatic rings. The van der Waals surface area contributed by atoms with Gasteiger partial charge >= 0.3 is 0 Å². The van der Waals surface area contributed by atoms with E-state index in [4.69, 9.17) is 0 Å². The summed E-state index contributed by atoms with van der Waals surface area (Å²) in [4.78, 5) is 18.1. The van der Waals surface area contributed by atoms with Crippen molar-refractivity contribution in [1.29, 1.82) is 0 Å². The Balaban J connectivity index is 0.00000312. The number of amides is 1. The molecule has 7 nitrogen and oxygen atoms in total. The predicted molar refractivity (Wildman–Crippen MR) is 102 cm³/mol. The molecule has 0 radical (unpaired) electrons. The maximum Gasteiger partial charge on any atom is 0.257 e. The summed E-state index contributed by atoms with van der Waals surface area (Å²) < 4.78 is 25.3. The van der Waals surface area contributed by atoms with Crippen LogP contribution in [-0.2, 0) is 10.0 Å². The van der Waals surface area contributed by atoms with Crippen LogP contribution in [-0.4, -0.2) is 68.0 Å². The van der Waals surface area contributed by atoms with Crippen molar-refractivity contribution in [1.82, 2.24) is 14.2 Å². The number of carbonyl (C=O) groups is 1. The SMILES string of the molecule is CC(C)[C@H]1CN(S(C)(=O)=O)C[C@@H]1Nc1ncccc1C(=O)N(C)C.Cl. The molecule has 2 atom stereocenters. The molecule has 2 rings (SSSR count). The molecule has 0 aliphatic carbocycles. The maximum absolute atomic E-state index is 12.3. The van der Waals surface area contributed by atoms with Gasteiger partial charge in [0.1, 0.15) is 5.82 Å². The zero-order valence-electron chi connectivity index (χ0n) is 15.3. The van der Waals surface area contributed by atoms with Gasteiger partial charge in [-0.25, -0.2) is 13.4 Å². The van der Waals surface area contributed by atoms with Crippen LogP contribution >= 0.6 is 12.4 Å². The van der Waals surface area contributed by atoms with Gasteiger partial charge < -0.3 is 10.2 Å². The van der Waals surface area contributed by atoms with Crippen LogP contribution < -0.4 is 5.32 Å². The van der Waals surface area contributed by atoms with E-state index in [0.717, 1.165) is 0 Å². The van der Waals surface area contributed by atoms with Crippen LogP contribution in [0.25, 0.3) is 0 Å². The van der Waals surface area contributed by atoms with Gasteiger partial charge in [0.05, 0.1) is 11.8 Å². The lowest BCUT2D eigenvalue weighted by atomic mass is 9.91. The third kappa shape index (κ3) is 5.05. The first kappa shape index (κ1) is 21.7. The number of anilines is 1. The van der Waals surface area contributed by atoms with E-state index in [1.54, 1.807) is 32.4 Å². The summed E-state index contributed by atoms with van der Waals surface area (Å²) in [5.74, 6) is 0.835. The molecule has 0 aromatic carbocycles. The highest BCUT2D eigenvalue weighted by Gasteiger charge is 2.39. The monoisotopic (exact) mass is 390 g/mol. The first-order valence-electron chi connectivity index (χ1n) is 7.99. The number of sulfonamides is 1. The number of hydrogen-bond donors (Lipinski definition) is 1. The Morgan fingerprint density at radius 2 is 2.00 bits per heavy atom. The fourth-order valence-corrected chi connectivity index (χ4v) is 3.87. The van der Waals surface area contributed by atoms with Gasteiger partial charge in [-0.05, 0) is 24.0 Å². The summed E-state index contributed by atoms with van der Waals surface area (Å²) >= 11 is 0. The molecule has 0 bridgehead atoms. The van der Waals surface area contributed by atoms with E-state index in [1.807, 2.05) is 0 Å². The standard InChI is InChI=1S/C16H26N4O3S.ClH/c1-11(2)13-9-20(24(5,22)23)10-14(13)18-15-12(7-6-8-17-15)16(21)19(3)4;/h6-8,11,13-14H,9-10H2,1-5H3,(H,17,18);1H/t13-,14+;/m1./s1. The van der Waals surface area contributed by atoms with Gasteiger partial charge in [-0.2, -0.15) is 4.31 Å². The van der Waals surface area contributed by atoms with Crippen molar-refractivity contribution < 1.29 is 13.2 Å². The minimum atomic E-state index is -3.24. The lowest BCUT2D eigenvalue weighted by Crippen LogP contribution is -2.34. The van der Waals surface area contributed by atoms with Crippen molar-refractivity contribution in [2.45, 2.75) is 19.9 Å². The minimum Gasteiger partial charge on any atom is -0.365 e. The largest absolute Gasteiger partial charge is 0.365 e. The van der Waals surface area contributed by atoms with E-state index in [0.29, 0.717) is 30.4 Å². The van der Waals surface area contributed by atoms with Crippen molar-refractivity contribution in [2.75, 3.05) is 38.8 Å². The number of hydrogen-bond acceptors (Lipinski definition) is 5. The smallest absolute Gasteiger partial charge is 0.257 e. The summed E-state index contributed by atoms with van der Waals surface area (Å²) in [6.07, 6.45) is 2.86. The summed E-state index contributed by atoms with van der Waals surface area (Å²) in [5.41, 5.74) is 0.489. The number of nitrogens with zero attached hydrogens (tertiary/aromatic N) is 3. The Morgan fingerprint density at radius 3 is 2.52 bits per heavy atom. The van der Waals surface area contributed by atoms with Crippen molar-refractivity contribution in [3.63, 3.8) is 0 Å². The lowest BCUT2D eigenvalue weighted by Gasteiger charge is -2.24. The van der Waals surface area contributed by atoms with E-state index in [9.17, 15) is 13.2 Å². The second-order valence-electron chi connectivity index (χ2n) is 6.84. The normalized spacial score (nSPS) is 21.0. The second-order valence-corrected chi connectivity index (χ2v) is 8.82. The van der Waals surface area contributed by atoms with Crippen molar-refractivity contribution in [2.24, 2.45) is 11.8 Å². The number of pyridine rings is 1. The summed E-state index contributed by atoms with van der Waals surface area (Å²) in [5, 5.41) is 3.31. The summed E-state index contributed by atoms with van der Waals surface area (Å²) in [6.45, 7) is 5.02. The minimum absolute atomic E-state index is 0. The van der Waals surface area contributed by atoms with Gasteiger partial charge in [0, 0.05) is 39.4 Å². The molecule has 1 aliphatic rings.